The highest BCUT2D eigenvalue weighted by Crippen LogP contribution is 2.31. The van der Waals surface area contributed by atoms with Crippen LogP contribution in [0.5, 0.6) is 0 Å². The van der Waals surface area contributed by atoms with Crippen molar-refractivity contribution in [2.75, 3.05) is 20.1 Å². The molecule has 7 heteroatoms. The Hall–Kier alpha value is -1.72. The predicted octanol–water partition coefficient (Wildman–Crippen LogP) is 2.68. The molecule has 0 aliphatic carbocycles. The van der Waals surface area contributed by atoms with E-state index in [0.29, 0.717) is 35.2 Å². The van der Waals surface area contributed by atoms with Crippen LogP contribution in [-0.2, 0) is 4.79 Å². The van der Waals surface area contributed by atoms with Crippen LogP contribution in [0.25, 0.3) is 10.9 Å². The largest absolute Gasteiger partial charge is 0.359 e. The lowest BCUT2D eigenvalue weighted by Gasteiger charge is -2.15. The molecule has 2 amide bonds. The number of hydrogen-bond donors (Lipinski definition) is 2. The molecule has 116 valence electrons. The van der Waals surface area contributed by atoms with E-state index in [1.165, 1.54) is 0 Å². The van der Waals surface area contributed by atoms with Crippen molar-refractivity contribution >= 4 is 45.9 Å². The molecule has 0 radical (unpaired) electrons. The van der Waals surface area contributed by atoms with Gasteiger partial charge in [-0.2, -0.15) is 0 Å². The monoisotopic (exact) mass is 339 g/mol. The molecular formula is C15H15Cl2N3O2. The molecule has 1 aliphatic heterocycles. The van der Waals surface area contributed by atoms with Crippen molar-refractivity contribution in [2.45, 2.75) is 6.42 Å². The second kappa shape index (κ2) is 5.82. The number of fused-ring (bicyclic) bond motifs is 1. The molecule has 0 unspecified atom stereocenters. The van der Waals surface area contributed by atoms with Gasteiger partial charge >= 0.3 is 0 Å². The summed E-state index contributed by atoms with van der Waals surface area (Å²) in [6, 6.07) is 5.19. The van der Waals surface area contributed by atoms with Gasteiger partial charge in [-0.3, -0.25) is 9.59 Å². The number of amides is 2. The molecule has 1 atom stereocenters. The van der Waals surface area contributed by atoms with Crippen LogP contribution in [0.1, 0.15) is 16.9 Å². The molecule has 1 fully saturated rings. The molecule has 0 saturated carbocycles. The van der Waals surface area contributed by atoms with E-state index in [1.54, 1.807) is 30.1 Å². The molecule has 1 aliphatic rings. The van der Waals surface area contributed by atoms with E-state index >= 15 is 0 Å². The van der Waals surface area contributed by atoms with Gasteiger partial charge in [0, 0.05) is 31.0 Å². The Kier molecular flexibility index (Phi) is 4.02. The minimum absolute atomic E-state index is 0.0261. The van der Waals surface area contributed by atoms with Crippen molar-refractivity contribution in [1.29, 1.82) is 0 Å². The first-order valence-electron chi connectivity index (χ1n) is 6.99. The summed E-state index contributed by atoms with van der Waals surface area (Å²) in [5, 5.41) is 4.23. The van der Waals surface area contributed by atoms with Crippen molar-refractivity contribution in [2.24, 2.45) is 5.92 Å². The van der Waals surface area contributed by atoms with Crippen molar-refractivity contribution in [3.63, 3.8) is 0 Å². The summed E-state index contributed by atoms with van der Waals surface area (Å²) in [7, 11) is 1.61. The van der Waals surface area contributed by atoms with Gasteiger partial charge in [0.25, 0.3) is 5.91 Å². The van der Waals surface area contributed by atoms with E-state index in [2.05, 4.69) is 10.3 Å². The van der Waals surface area contributed by atoms with Crippen LogP contribution in [0.4, 0.5) is 0 Å². The minimum Gasteiger partial charge on any atom is -0.359 e. The number of carbonyl (C=O) groups excluding carboxylic acids is 2. The molecule has 5 nitrogen and oxygen atoms in total. The highest BCUT2D eigenvalue weighted by atomic mass is 35.5. The van der Waals surface area contributed by atoms with E-state index in [-0.39, 0.29) is 17.7 Å². The maximum Gasteiger partial charge on any atom is 0.270 e. The second-order valence-electron chi connectivity index (χ2n) is 5.36. The minimum atomic E-state index is -0.142. The fourth-order valence-corrected chi connectivity index (χ4v) is 3.17. The molecule has 0 bridgehead atoms. The van der Waals surface area contributed by atoms with E-state index in [9.17, 15) is 9.59 Å². The standard InChI is InChI=1S/C15H15Cl2N3O2/c1-18-14(21)8-4-5-20(7-8)15(22)12-6-9-11(19-12)3-2-10(16)13(9)17/h2-3,6,8,19H,4-5,7H2,1H3,(H,18,21)/t8-/m0/s1. The Balaban J connectivity index is 1.84. The van der Waals surface area contributed by atoms with Crippen LogP contribution in [0, 0.1) is 5.92 Å². The summed E-state index contributed by atoms with van der Waals surface area (Å²) < 4.78 is 0. The molecule has 0 spiro atoms. The Morgan fingerprint density at radius 1 is 1.36 bits per heavy atom. The molecular weight excluding hydrogens is 325 g/mol. The highest BCUT2D eigenvalue weighted by Gasteiger charge is 2.31. The number of H-pyrrole nitrogens is 1. The zero-order valence-corrected chi connectivity index (χ0v) is 13.5. The molecule has 1 saturated heterocycles. The molecule has 2 heterocycles. The highest BCUT2D eigenvalue weighted by molar-refractivity contribution is 6.45. The van der Waals surface area contributed by atoms with Gasteiger partial charge in [0.2, 0.25) is 5.91 Å². The first-order chi connectivity index (χ1) is 10.5. The first-order valence-corrected chi connectivity index (χ1v) is 7.74. The second-order valence-corrected chi connectivity index (χ2v) is 6.14. The fraction of sp³-hybridized carbons (Fsp3) is 0.333. The van der Waals surface area contributed by atoms with E-state index < -0.39 is 0 Å². The summed E-state index contributed by atoms with van der Waals surface area (Å²) in [5.41, 5.74) is 1.22. The maximum atomic E-state index is 12.6. The Labute approximate surface area is 137 Å². The number of halogens is 2. The normalized spacial score (nSPS) is 18.0. The first kappa shape index (κ1) is 15.2. The topological polar surface area (TPSA) is 65.2 Å². The summed E-state index contributed by atoms with van der Waals surface area (Å²) >= 11 is 12.1. The Morgan fingerprint density at radius 2 is 2.14 bits per heavy atom. The number of aromatic amines is 1. The van der Waals surface area contributed by atoms with Crippen LogP contribution >= 0.6 is 23.2 Å². The van der Waals surface area contributed by atoms with Gasteiger partial charge in [-0.05, 0) is 24.6 Å². The number of carbonyl (C=O) groups is 2. The van der Waals surface area contributed by atoms with Gasteiger partial charge in [-0.1, -0.05) is 23.2 Å². The number of rotatable bonds is 2. The zero-order chi connectivity index (χ0) is 15.9. The zero-order valence-electron chi connectivity index (χ0n) is 12.0. The number of likely N-dealkylation sites (tertiary alicyclic amines) is 1. The predicted molar refractivity (Wildman–Crippen MR) is 86.4 cm³/mol. The SMILES string of the molecule is CNC(=O)[C@H]1CCN(C(=O)c2cc3c(Cl)c(Cl)ccc3[nH]2)C1. The summed E-state index contributed by atoms with van der Waals surface area (Å²) in [6.07, 6.45) is 0.679. The third-order valence-electron chi connectivity index (χ3n) is 4.01. The van der Waals surface area contributed by atoms with Crippen molar-refractivity contribution in [3.8, 4) is 0 Å². The maximum absolute atomic E-state index is 12.6. The van der Waals surface area contributed by atoms with Gasteiger partial charge < -0.3 is 15.2 Å². The third kappa shape index (κ3) is 2.55. The summed E-state index contributed by atoms with van der Waals surface area (Å²) in [6.45, 7) is 1.00. The van der Waals surface area contributed by atoms with Gasteiger partial charge in [0.15, 0.2) is 0 Å². The van der Waals surface area contributed by atoms with Crippen molar-refractivity contribution in [3.05, 3.63) is 33.9 Å². The third-order valence-corrected chi connectivity index (χ3v) is 4.83. The van der Waals surface area contributed by atoms with Crippen LogP contribution in [0.15, 0.2) is 18.2 Å². The van der Waals surface area contributed by atoms with Crippen molar-refractivity contribution < 1.29 is 9.59 Å². The van der Waals surface area contributed by atoms with Gasteiger partial charge in [0.1, 0.15) is 5.69 Å². The van der Waals surface area contributed by atoms with E-state index in [1.807, 2.05) is 0 Å². The van der Waals surface area contributed by atoms with Crippen LogP contribution in [-0.4, -0.2) is 41.8 Å². The lowest BCUT2D eigenvalue weighted by molar-refractivity contribution is -0.124. The lowest BCUT2D eigenvalue weighted by Crippen LogP contribution is -2.33. The number of aromatic nitrogens is 1. The van der Waals surface area contributed by atoms with Gasteiger partial charge in [0.05, 0.1) is 16.0 Å². The molecule has 2 aromatic rings. The van der Waals surface area contributed by atoms with Crippen LogP contribution in [0.2, 0.25) is 10.0 Å². The molecule has 22 heavy (non-hydrogen) atoms. The van der Waals surface area contributed by atoms with E-state index in [4.69, 9.17) is 23.2 Å². The van der Waals surface area contributed by atoms with Crippen LogP contribution in [0.3, 0.4) is 0 Å². The van der Waals surface area contributed by atoms with Gasteiger partial charge in [-0.15, -0.1) is 0 Å². The van der Waals surface area contributed by atoms with Crippen LogP contribution < -0.4 is 5.32 Å². The summed E-state index contributed by atoms with van der Waals surface area (Å²) in [4.78, 5) is 29.0. The van der Waals surface area contributed by atoms with Gasteiger partial charge in [-0.25, -0.2) is 0 Å². The lowest BCUT2D eigenvalue weighted by atomic mass is 10.1. The number of hydrogen-bond acceptors (Lipinski definition) is 2. The van der Waals surface area contributed by atoms with E-state index in [0.717, 1.165) is 10.9 Å². The number of nitrogens with one attached hydrogen (secondary N) is 2. The smallest absolute Gasteiger partial charge is 0.270 e. The molecule has 1 aromatic carbocycles. The molecule has 1 aromatic heterocycles. The summed E-state index contributed by atoms with van der Waals surface area (Å²) in [5.74, 6) is -0.298. The fourth-order valence-electron chi connectivity index (χ4n) is 2.79. The number of nitrogens with zero attached hydrogens (tertiary/aromatic N) is 1. The average Bonchev–Trinajstić information content (AvgIpc) is 3.16. The number of benzene rings is 1. The molecule has 3 rings (SSSR count). The Bertz CT molecular complexity index is 757. The quantitative estimate of drug-likeness (QED) is 0.883. The van der Waals surface area contributed by atoms with Crippen molar-refractivity contribution in [1.82, 2.24) is 15.2 Å². The average molecular weight is 340 g/mol. The molecule has 2 N–H and O–H groups in total. The Morgan fingerprint density at radius 3 is 2.86 bits per heavy atom.